The first-order chi connectivity index (χ1) is 17.6. The number of nitrogens with zero attached hydrogens (tertiary/aromatic N) is 3. The molecular formula is C28H30N4O4S. The Morgan fingerprint density at radius 1 is 1.27 bits per heavy atom. The van der Waals surface area contributed by atoms with E-state index in [-0.39, 0.29) is 17.1 Å². The number of sulfone groups is 1. The Balaban J connectivity index is 1.70. The lowest BCUT2D eigenvalue weighted by molar-refractivity contribution is -0.117. The van der Waals surface area contributed by atoms with Crippen LogP contribution in [0.3, 0.4) is 0 Å². The molecule has 0 aliphatic carbocycles. The Hall–Kier alpha value is -3.90. The molecule has 1 atom stereocenters. The van der Waals surface area contributed by atoms with Crippen LogP contribution in [-0.2, 0) is 14.6 Å². The van der Waals surface area contributed by atoms with E-state index in [9.17, 15) is 18.5 Å². The van der Waals surface area contributed by atoms with Gasteiger partial charge < -0.3 is 10.1 Å². The van der Waals surface area contributed by atoms with Crippen molar-refractivity contribution < 1.29 is 17.9 Å². The number of carbonyl (C=O) groups is 1. The minimum atomic E-state index is -3.16. The van der Waals surface area contributed by atoms with Crippen molar-refractivity contribution in [3.63, 3.8) is 0 Å². The third-order valence-electron chi connectivity index (χ3n) is 6.02. The second kappa shape index (κ2) is 11.0. The molecule has 1 saturated heterocycles. The van der Waals surface area contributed by atoms with E-state index in [0.29, 0.717) is 30.2 Å². The lowest BCUT2D eigenvalue weighted by atomic mass is 10.0. The fourth-order valence-electron chi connectivity index (χ4n) is 4.12. The number of ether oxygens (including phenoxy) is 1. The highest BCUT2D eigenvalue weighted by molar-refractivity contribution is 7.91. The molecule has 1 aromatic heterocycles. The molecule has 0 saturated carbocycles. The Bertz CT molecular complexity index is 1470. The monoisotopic (exact) mass is 518 g/mol. The molecule has 4 rings (SSSR count). The number of benzene rings is 2. The summed E-state index contributed by atoms with van der Waals surface area (Å²) in [5, 5.41) is 17.2. The second-order valence-electron chi connectivity index (χ2n) is 9.64. The molecule has 1 aliphatic heterocycles. The fraction of sp³-hybridized carbons (Fsp3) is 0.321. The molecule has 1 amide bonds. The van der Waals surface area contributed by atoms with Gasteiger partial charge in [0.05, 0.1) is 23.8 Å². The van der Waals surface area contributed by atoms with Crippen molar-refractivity contribution in [2.45, 2.75) is 33.2 Å². The van der Waals surface area contributed by atoms with Crippen molar-refractivity contribution >= 4 is 21.8 Å². The molecule has 3 aromatic rings. The summed E-state index contributed by atoms with van der Waals surface area (Å²) < 4.78 is 31.1. The van der Waals surface area contributed by atoms with Crippen LogP contribution in [0.15, 0.2) is 60.3 Å². The van der Waals surface area contributed by atoms with E-state index in [1.54, 1.807) is 10.9 Å². The molecule has 0 bridgehead atoms. The van der Waals surface area contributed by atoms with Gasteiger partial charge in [0.15, 0.2) is 9.84 Å². The minimum absolute atomic E-state index is 0.0355. The third kappa shape index (κ3) is 6.46. The second-order valence-corrected chi connectivity index (χ2v) is 11.9. The van der Waals surface area contributed by atoms with Gasteiger partial charge in [0, 0.05) is 23.4 Å². The SMILES string of the molecule is Cc1cc(-c2nn(-c3ccccc3)cc2/C=C(/C#N)C(=O)NC2CCS(=O)(=O)C2)ccc1OCC(C)C. The number of para-hydroxylation sites is 1. The standard InChI is InChI=1S/C28H30N4O4S/c1-19(2)17-36-26-10-9-21(13-20(26)3)27-23(16-32(31-27)25-7-5-4-6-8-25)14-22(15-29)28(33)30-24-11-12-37(34,35)18-24/h4-10,13-14,16,19,24H,11-12,17-18H2,1-3H3,(H,30,33)/b22-14-. The summed E-state index contributed by atoms with van der Waals surface area (Å²) in [7, 11) is -3.16. The predicted molar refractivity (Wildman–Crippen MR) is 143 cm³/mol. The van der Waals surface area contributed by atoms with Gasteiger partial charge in [-0.1, -0.05) is 32.0 Å². The largest absolute Gasteiger partial charge is 0.493 e. The van der Waals surface area contributed by atoms with E-state index >= 15 is 0 Å². The van der Waals surface area contributed by atoms with Gasteiger partial charge >= 0.3 is 0 Å². The molecule has 1 aliphatic rings. The molecule has 1 unspecified atom stereocenters. The zero-order valence-corrected chi connectivity index (χ0v) is 22.0. The molecule has 37 heavy (non-hydrogen) atoms. The molecule has 192 valence electrons. The van der Waals surface area contributed by atoms with E-state index in [1.807, 2.05) is 61.5 Å². The van der Waals surface area contributed by atoms with Gasteiger partial charge in [0.2, 0.25) is 0 Å². The highest BCUT2D eigenvalue weighted by atomic mass is 32.2. The van der Waals surface area contributed by atoms with Gasteiger partial charge in [-0.2, -0.15) is 10.4 Å². The smallest absolute Gasteiger partial charge is 0.262 e. The molecule has 0 radical (unpaired) electrons. The van der Waals surface area contributed by atoms with Crippen LogP contribution < -0.4 is 10.1 Å². The van der Waals surface area contributed by atoms with Crippen LogP contribution in [0, 0.1) is 24.2 Å². The number of nitriles is 1. The van der Waals surface area contributed by atoms with Crippen LogP contribution in [-0.4, -0.2) is 48.3 Å². The summed E-state index contributed by atoms with van der Waals surface area (Å²) in [5.74, 6) is 0.516. The maximum absolute atomic E-state index is 12.9. The Morgan fingerprint density at radius 2 is 2.03 bits per heavy atom. The lowest BCUT2D eigenvalue weighted by Gasteiger charge is -2.12. The summed E-state index contributed by atoms with van der Waals surface area (Å²) in [6.07, 6.45) is 3.61. The molecular weight excluding hydrogens is 488 g/mol. The first-order valence-electron chi connectivity index (χ1n) is 12.2. The number of nitrogens with one attached hydrogen (secondary N) is 1. The number of rotatable bonds is 8. The highest BCUT2D eigenvalue weighted by Crippen LogP contribution is 2.30. The number of hydrogen-bond donors (Lipinski definition) is 1. The fourth-order valence-corrected chi connectivity index (χ4v) is 5.79. The zero-order chi connectivity index (χ0) is 26.6. The Labute approximate surface area is 217 Å². The van der Waals surface area contributed by atoms with Gasteiger partial charge in [0.1, 0.15) is 23.1 Å². The van der Waals surface area contributed by atoms with E-state index in [1.165, 1.54) is 6.08 Å². The first-order valence-corrected chi connectivity index (χ1v) is 14.0. The zero-order valence-electron chi connectivity index (χ0n) is 21.1. The summed E-state index contributed by atoms with van der Waals surface area (Å²) in [4.78, 5) is 12.9. The normalized spacial score (nSPS) is 16.9. The van der Waals surface area contributed by atoms with Gasteiger partial charge in [-0.3, -0.25) is 4.79 Å². The van der Waals surface area contributed by atoms with Crippen molar-refractivity contribution in [3.05, 3.63) is 71.4 Å². The third-order valence-corrected chi connectivity index (χ3v) is 7.78. The van der Waals surface area contributed by atoms with Gasteiger partial charge in [-0.05, 0) is 61.2 Å². The lowest BCUT2D eigenvalue weighted by Crippen LogP contribution is -2.36. The van der Waals surface area contributed by atoms with Gasteiger partial charge in [-0.25, -0.2) is 13.1 Å². The number of aromatic nitrogens is 2. The van der Waals surface area contributed by atoms with E-state index in [4.69, 9.17) is 9.84 Å². The van der Waals surface area contributed by atoms with Crippen molar-refractivity contribution in [1.82, 2.24) is 15.1 Å². The summed E-state index contributed by atoms with van der Waals surface area (Å²) >= 11 is 0. The Morgan fingerprint density at radius 3 is 2.65 bits per heavy atom. The van der Waals surface area contributed by atoms with E-state index < -0.39 is 21.8 Å². The maximum Gasteiger partial charge on any atom is 0.262 e. The molecule has 2 aromatic carbocycles. The molecule has 1 fully saturated rings. The highest BCUT2D eigenvalue weighted by Gasteiger charge is 2.29. The molecule has 9 heteroatoms. The van der Waals surface area contributed by atoms with Crippen LogP contribution in [0.2, 0.25) is 0 Å². The summed E-state index contributed by atoms with van der Waals surface area (Å²) in [6.45, 7) is 6.76. The minimum Gasteiger partial charge on any atom is -0.493 e. The number of hydrogen-bond acceptors (Lipinski definition) is 6. The Kier molecular flexibility index (Phi) is 7.79. The topological polar surface area (TPSA) is 114 Å². The quantitative estimate of drug-likeness (QED) is 0.355. The van der Waals surface area contributed by atoms with Crippen LogP contribution in [0.4, 0.5) is 0 Å². The van der Waals surface area contributed by atoms with Crippen LogP contribution >= 0.6 is 0 Å². The summed E-state index contributed by atoms with van der Waals surface area (Å²) in [5.41, 5.74) is 3.66. The first kappa shape index (κ1) is 26.2. The maximum atomic E-state index is 12.9. The average molecular weight is 519 g/mol. The van der Waals surface area contributed by atoms with Crippen LogP contribution in [0.1, 0.15) is 31.4 Å². The number of amides is 1. The van der Waals surface area contributed by atoms with E-state index in [2.05, 4.69) is 19.2 Å². The van der Waals surface area contributed by atoms with Crippen molar-refractivity contribution in [2.24, 2.45) is 5.92 Å². The van der Waals surface area contributed by atoms with Crippen molar-refractivity contribution in [2.75, 3.05) is 18.1 Å². The number of carbonyl (C=O) groups excluding carboxylic acids is 1. The van der Waals surface area contributed by atoms with Crippen molar-refractivity contribution in [1.29, 1.82) is 5.26 Å². The molecule has 2 heterocycles. The predicted octanol–water partition coefficient (Wildman–Crippen LogP) is 4.09. The molecule has 1 N–H and O–H groups in total. The van der Waals surface area contributed by atoms with Crippen LogP contribution in [0.25, 0.3) is 23.0 Å². The summed E-state index contributed by atoms with van der Waals surface area (Å²) in [6, 6.07) is 16.8. The van der Waals surface area contributed by atoms with E-state index in [0.717, 1.165) is 22.6 Å². The van der Waals surface area contributed by atoms with Gasteiger partial charge in [-0.15, -0.1) is 0 Å². The number of aryl methyl sites for hydroxylation is 1. The van der Waals surface area contributed by atoms with Crippen molar-refractivity contribution in [3.8, 4) is 28.8 Å². The molecule has 8 nitrogen and oxygen atoms in total. The molecule has 0 spiro atoms. The van der Waals surface area contributed by atoms with Gasteiger partial charge in [0.25, 0.3) is 5.91 Å². The average Bonchev–Trinajstić information content (AvgIpc) is 3.44. The van der Waals surface area contributed by atoms with Crippen LogP contribution in [0.5, 0.6) is 5.75 Å².